The van der Waals surface area contributed by atoms with Gasteiger partial charge in [0.1, 0.15) is 5.75 Å². The van der Waals surface area contributed by atoms with E-state index in [1.165, 1.54) is 4.31 Å². The standard InChI is InChI=1S/C20H23NO5S/c1-16-3-2-4-18(15-16)26-20(22)10-7-17-5-8-19(9-6-17)27(23,24)21-11-13-25-14-12-21/h2-6,8-9,15H,7,10-14H2,1H3. The first-order chi connectivity index (χ1) is 12.9. The van der Waals surface area contributed by atoms with Gasteiger partial charge in [-0.3, -0.25) is 4.79 Å². The third kappa shape index (κ3) is 5.15. The second-order valence-corrected chi connectivity index (χ2v) is 8.39. The Morgan fingerprint density at radius 1 is 1.11 bits per heavy atom. The molecule has 1 saturated heterocycles. The quantitative estimate of drug-likeness (QED) is 0.561. The molecular formula is C20H23NO5S. The van der Waals surface area contributed by atoms with E-state index in [2.05, 4.69) is 0 Å². The molecule has 7 heteroatoms. The predicted octanol–water partition coefficient (Wildman–Crippen LogP) is 2.55. The molecule has 144 valence electrons. The van der Waals surface area contributed by atoms with Crippen LogP contribution in [0.1, 0.15) is 17.5 Å². The Balaban J connectivity index is 1.56. The normalized spacial score (nSPS) is 15.4. The van der Waals surface area contributed by atoms with E-state index in [9.17, 15) is 13.2 Å². The molecule has 2 aromatic carbocycles. The van der Waals surface area contributed by atoms with E-state index in [1.54, 1.807) is 30.3 Å². The van der Waals surface area contributed by atoms with Crippen molar-refractivity contribution < 1.29 is 22.7 Å². The average Bonchev–Trinajstić information content (AvgIpc) is 2.67. The summed E-state index contributed by atoms with van der Waals surface area (Å²) >= 11 is 0. The molecule has 2 aromatic rings. The number of ether oxygens (including phenoxy) is 2. The third-order valence-corrected chi connectivity index (χ3v) is 6.28. The van der Waals surface area contributed by atoms with Crippen molar-refractivity contribution in [2.24, 2.45) is 0 Å². The first-order valence-electron chi connectivity index (χ1n) is 8.89. The minimum absolute atomic E-state index is 0.226. The van der Waals surface area contributed by atoms with Gasteiger partial charge in [-0.2, -0.15) is 4.31 Å². The van der Waals surface area contributed by atoms with Crippen LogP contribution in [0, 0.1) is 6.92 Å². The van der Waals surface area contributed by atoms with E-state index >= 15 is 0 Å². The van der Waals surface area contributed by atoms with Crippen LogP contribution in [0.3, 0.4) is 0 Å². The number of carbonyl (C=O) groups is 1. The summed E-state index contributed by atoms with van der Waals surface area (Å²) in [5.41, 5.74) is 1.91. The molecule has 0 bridgehead atoms. The molecule has 0 aromatic heterocycles. The number of hydrogen-bond donors (Lipinski definition) is 0. The van der Waals surface area contributed by atoms with Gasteiger partial charge in [-0.1, -0.05) is 24.3 Å². The number of hydrogen-bond acceptors (Lipinski definition) is 5. The number of esters is 1. The van der Waals surface area contributed by atoms with Gasteiger partial charge in [-0.05, 0) is 48.7 Å². The van der Waals surface area contributed by atoms with Crippen molar-refractivity contribution >= 4 is 16.0 Å². The highest BCUT2D eigenvalue weighted by atomic mass is 32.2. The number of rotatable bonds is 6. The summed E-state index contributed by atoms with van der Waals surface area (Å²) in [5.74, 6) is 0.220. The summed E-state index contributed by atoms with van der Waals surface area (Å²) in [6.07, 6.45) is 0.714. The summed E-state index contributed by atoms with van der Waals surface area (Å²) in [4.78, 5) is 12.3. The van der Waals surface area contributed by atoms with Gasteiger partial charge < -0.3 is 9.47 Å². The van der Waals surface area contributed by atoms with Gasteiger partial charge in [0.15, 0.2) is 0 Å². The number of benzene rings is 2. The molecule has 0 aliphatic carbocycles. The first-order valence-corrected chi connectivity index (χ1v) is 10.3. The van der Waals surface area contributed by atoms with Crippen molar-refractivity contribution in [2.75, 3.05) is 26.3 Å². The van der Waals surface area contributed by atoms with Gasteiger partial charge in [-0.15, -0.1) is 0 Å². The largest absolute Gasteiger partial charge is 0.427 e. The fraction of sp³-hybridized carbons (Fsp3) is 0.350. The lowest BCUT2D eigenvalue weighted by atomic mass is 10.1. The van der Waals surface area contributed by atoms with E-state index in [1.807, 2.05) is 25.1 Å². The van der Waals surface area contributed by atoms with Gasteiger partial charge >= 0.3 is 5.97 Å². The summed E-state index contributed by atoms with van der Waals surface area (Å²) in [6.45, 7) is 3.51. The van der Waals surface area contributed by atoms with Crippen molar-refractivity contribution in [3.8, 4) is 5.75 Å². The van der Waals surface area contributed by atoms with Crippen LogP contribution in [-0.2, 0) is 26.0 Å². The fourth-order valence-corrected chi connectivity index (χ4v) is 4.28. The molecule has 0 saturated carbocycles. The van der Waals surface area contributed by atoms with Gasteiger partial charge in [0, 0.05) is 19.5 Å². The molecule has 0 unspecified atom stereocenters. The lowest BCUT2D eigenvalue weighted by molar-refractivity contribution is -0.134. The van der Waals surface area contributed by atoms with E-state index in [0.29, 0.717) is 38.5 Å². The van der Waals surface area contributed by atoms with Gasteiger partial charge in [-0.25, -0.2) is 8.42 Å². The molecule has 1 fully saturated rings. The van der Waals surface area contributed by atoms with Crippen LogP contribution in [0.4, 0.5) is 0 Å². The predicted molar refractivity (Wildman–Crippen MR) is 101 cm³/mol. The maximum Gasteiger partial charge on any atom is 0.311 e. The van der Waals surface area contributed by atoms with Crippen molar-refractivity contribution in [2.45, 2.75) is 24.7 Å². The molecule has 1 aliphatic heterocycles. The second kappa shape index (κ2) is 8.65. The van der Waals surface area contributed by atoms with Crippen LogP contribution >= 0.6 is 0 Å². The van der Waals surface area contributed by atoms with Crippen molar-refractivity contribution in [1.82, 2.24) is 4.31 Å². The molecule has 1 aliphatic rings. The van der Waals surface area contributed by atoms with Crippen molar-refractivity contribution in [3.63, 3.8) is 0 Å². The number of carbonyl (C=O) groups excluding carboxylic acids is 1. The Morgan fingerprint density at radius 3 is 2.48 bits per heavy atom. The maximum atomic E-state index is 12.6. The van der Waals surface area contributed by atoms with Crippen molar-refractivity contribution in [1.29, 1.82) is 0 Å². The van der Waals surface area contributed by atoms with E-state index < -0.39 is 10.0 Å². The summed E-state index contributed by atoms with van der Waals surface area (Å²) in [6, 6.07) is 14.0. The Kier molecular flexibility index (Phi) is 6.26. The molecule has 0 amide bonds. The van der Waals surface area contributed by atoms with Crippen LogP contribution in [0.2, 0.25) is 0 Å². The highest BCUT2D eigenvalue weighted by Gasteiger charge is 2.26. The number of aryl methyl sites for hydroxylation is 2. The zero-order chi connectivity index (χ0) is 19.3. The number of nitrogens with zero attached hydrogens (tertiary/aromatic N) is 1. The average molecular weight is 389 g/mol. The van der Waals surface area contributed by atoms with Gasteiger partial charge in [0.05, 0.1) is 18.1 Å². The van der Waals surface area contributed by atoms with Crippen LogP contribution in [0.15, 0.2) is 53.4 Å². The highest BCUT2D eigenvalue weighted by Crippen LogP contribution is 2.19. The first kappa shape index (κ1) is 19.5. The maximum absolute atomic E-state index is 12.6. The molecule has 0 radical (unpaired) electrons. The number of sulfonamides is 1. The molecule has 0 atom stereocenters. The van der Waals surface area contributed by atoms with Crippen LogP contribution in [0.5, 0.6) is 5.75 Å². The summed E-state index contributed by atoms with van der Waals surface area (Å²) in [5, 5.41) is 0. The lowest BCUT2D eigenvalue weighted by Gasteiger charge is -2.26. The minimum Gasteiger partial charge on any atom is -0.427 e. The molecule has 6 nitrogen and oxygen atoms in total. The number of morpholine rings is 1. The highest BCUT2D eigenvalue weighted by molar-refractivity contribution is 7.89. The Labute approximate surface area is 159 Å². The van der Waals surface area contributed by atoms with E-state index in [-0.39, 0.29) is 17.3 Å². The summed E-state index contributed by atoms with van der Waals surface area (Å²) in [7, 11) is -3.49. The van der Waals surface area contributed by atoms with E-state index in [0.717, 1.165) is 11.1 Å². The smallest absolute Gasteiger partial charge is 0.311 e. The summed E-state index contributed by atoms with van der Waals surface area (Å²) < 4.78 is 37.1. The van der Waals surface area contributed by atoms with Gasteiger partial charge in [0.25, 0.3) is 0 Å². The molecule has 27 heavy (non-hydrogen) atoms. The Morgan fingerprint density at radius 2 is 1.81 bits per heavy atom. The minimum atomic E-state index is -3.49. The van der Waals surface area contributed by atoms with Crippen LogP contribution < -0.4 is 4.74 Å². The third-order valence-electron chi connectivity index (χ3n) is 4.37. The second-order valence-electron chi connectivity index (χ2n) is 6.45. The van der Waals surface area contributed by atoms with Crippen LogP contribution in [0.25, 0.3) is 0 Å². The fourth-order valence-electron chi connectivity index (χ4n) is 2.87. The lowest BCUT2D eigenvalue weighted by Crippen LogP contribution is -2.40. The monoisotopic (exact) mass is 389 g/mol. The van der Waals surface area contributed by atoms with Crippen molar-refractivity contribution in [3.05, 3.63) is 59.7 Å². The topological polar surface area (TPSA) is 72.9 Å². The molecule has 0 spiro atoms. The SMILES string of the molecule is Cc1cccc(OC(=O)CCc2ccc(S(=O)(=O)N3CCOCC3)cc2)c1. The zero-order valence-corrected chi connectivity index (χ0v) is 16.1. The van der Waals surface area contributed by atoms with Crippen LogP contribution in [-0.4, -0.2) is 45.0 Å². The molecule has 1 heterocycles. The molecular weight excluding hydrogens is 366 g/mol. The molecule has 0 N–H and O–H groups in total. The van der Waals surface area contributed by atoms with Gasteiger partial charge in [0.2, 0.25) is 10.0 Å². The zero-order valence-electron chi connectivity index (χ0n) is 15.3. The Hall–Kier alpha value is -2.22. The molecule has 3 rings (SSSR count). The van der Waals surface area contributed by atoms with E-state index in [4.69, 9.17) is 9.47 Å². The Bertz CT molecular complexity index is 887.